The number of methoxy groups -OCH3 is 1. The molecule has 2 rings (SSSR count). The van der Waals surface area contributed by atoms with Crippen LogP contribution in [0.2, 0.25) is 0 Å². The van der Waals surface area contributed by atoms with Gasteiger partial charge in [-0.15, -0.1) is 0 Å². The van der Waals surface area contributed by atoms with E-state index in [0.717, 1.165) is 18.9 Å². The van der Waals surface area contributed by atoms with Crippen LogP contribution in [-0.2, 0) is 24.3 Å². The first-order valence-electron chi connectivity index (χ1n) is 7.61. The van der Waals surface area contributed by atoms with Crippen LogP contribution >= 0.6 is 0 Å². The van der Waals surface area contributed by atoms with Crippen LogP contribution in [0.4, 0.5) is 0 Å². The molecular weight excluding hydrogens is 348 g/mol. The maximum atomic E-state index is 12.0. The van der Waals surface area contributed by atoms with Crippen LogP contribution in [0.3, 0.4) is 0 Å². The second-order valence-corrected chi connectivity index (χ2v) is 7.26. The SMILES string of the molecule is CNS(=O)(=O)c1cc(/C=C/C(=O)OCC(=O)NC2CC2)ccc1OC. The minimum atomic E-state index is -3.71. The number of sulfonamides is 1. The summed E-state index contributed by atoms with van der Waals surface area (Å²) in [5.74, 6) is -0.846. The lowest BCUT2D eigenvalue weighted by atomic mass is 10.2. The summed E-state index contributed by atoms with van der Waals surface area (Å²) in [5, 5.41) is 2.70. The molecule has 1 saturated carbocycles. The summed E-state index contributed by atoms with van der Waals surface area (Å²) in [6.07, 6.45) is 4.43. The molecule has 1 aromatic rings. The average Bonchev–Trinajstić information content (AvgIpc) is 3.41. The zero-order valence-corrected chi connectivity index (χ0v) is 14.8. The highest BCUT2D eigenvalue weighted by Crippen LogP contribution is 2.25. The van der Waals surface area contributed by atoms with Crippen molar-refractivity contribution >= 4 is 28.0 Å². The molecule has 9 heteroatoms. The van der Waals surface area contributed by atoms with Gasteiger partial charge in [-0.3, -0.25) is 4.79 Å². The topological polar surface area (TPSA) is 111 Å². The highest BCUT2D eigenvalue weighted by atomic mass is 32.2. The van der Waals surface area contributed by atoms with Crippen molar-refractivity contribution in [2.75, 3.05) is 20.8 Å². The molecule has 0 spiro atoms. The third-order valence-corrected chi connectivity index (χ3v) is 4.88. The molecule has 1 aliphatic carbocycles. The van der Waals surface area contributed by atoms with E-state index in [0.29, 0.717) is 5.56 Å². The molecule has 0 aromatic heterocycles. The highest BCUT2D eigenvalue weighted by molar-refractivity contribution is 7.89. The normalized spacial score (nSPS) is 14.3. The number of nitrogens with one attached hydrogen (secondary N) is 2. The zero-order chi connectivity index (χ0) is 18.4. The first kappa shape index (κ1) is 18.9. The monoisotopic (exact) mass is 368 g/mol. The third-order valence-electron chi connectivity index (χ3n) is 3.45. The van der Waals surface area contributed by atoms with Gasteiger partial charge in [-0.2, -0.15) is 0 Å². The number of amides is 1. The summed E-state index contributed by atoms with van der Waals surface area (Å²) in [7, 11) is -1.05. The third kappa shape index (κ3) is 5.57. The minimum Gasteiger partial charge on any atom is -0.495 e. The van der Waals surface area contributed by atoms with E-state index in [1.807, 2.05) is 0 Å². The van der Waals surface area contributed by atoms with Crippen LogP contribution in [0.25, 0.3) is 6.08 Å². The van der Waals surface area contributed by atoms with Gasteiger partial charge in [0.1, 0.15) is 10.6 Å². The molecule has 8 nitrogen and oxygen atoms in total. The number of rotatable bonds is 8. The van der Waals surface area contributed by atoms with E-state index in [9.17, 15) is 18.0 Å². The predicted octanol–water partition coefficient (Wildman–Crippen LogP) is 0.438. The molecule has 0 bridgehead atoms. The van der Waals surface area contributed by atoms with Crippen molar-refractivity contribution < 1.29 is 27.5 Å². The standard InChI is InChI=1S/C16H20N2O6S/c1-17-25(21,22)14-9-11(3-7-13(14)23-2)4-8-16(20)24-10-15(19)18-12-5-6-12/h3-4,7-9,12,17H,5-6,10H2,1-2H3,(H,18,19)/b8-4+. The number of benzene rings is 1. The summed E-state index contributed by atoms with van der Waals surface area (Å²) in [4.78, 5) is 23.0. The van der Waals surface area contributed by atoms with Gasteiger partial charge in [0.15, 0.2) is 6.61 Å². The summed E-state index contributed by atoms with van der Waals surface area (Å²) in [6, 6.07) is 4.65. The molecule has 1 aliphatic rings. The predicted molar refractivity (Wildman–Crippen MR) is 90.4 cm³/mol. The summed E-state index contributed by atoms with van der Waals surface area (Å²) >= 11 is 0. The Hall–Kier alpha value is -2.39. The van der Waals surface area contributed by atoms with Gasteiger partial charge in [0.25, 0.3) is 5.91 Å². The van der Waals surface area contributed by atoms with Crippen LogP contribution in [0.15, 0.2) is 29.2 Å². The lowest BCUT2D eigenvalue weighted by molar-refractivity contribution is -0.143. The Labute approximate surface area is 146 Å². The fraction of sp³-hybridized carbons (Fsp3) is 0.375. The highest BCUT2D eigenvalue weighted by Gasteiger charge is 2.23. The maximum Gasteiger partial charge on any atom is 0.331 e. The molecule has 0 radical (unpaired) electrons. The fourth-order valence-electron chi connectivity index (χ4n) is 1.96. The van der Waals surface area contributed by atoms with Crippen LogP contribution < -0.4 is 14.8 Å². The van der Waals surface area contributed by atoms with Crippen molar-refractivity contribution in [3.8, 4) is 5.75 Å². The molecule has 1 fully saturated rings. The molecule has 0 saturated heterocycles. The summed E-state index contributed by atoms with van der Waals surface area (Å²) < 4.78 is 36.1. The Morgan fingerprint density at radius 1 is 1.32 bits per heavy atom. The Morgan fingerprint density at radius 3 is 2.64 bits per heavy atom. The van der Waals surface area contributed by atoms with Gasteiger partial charge in [-0.25, -0.2) is 17.9 Å². The number of carbonyl (C=O) groups excluding carboxylic acids is 2. The van der Waals surface area contributed by atoms with E-state index in [1.165, 1.54) is 32.4 Å². The number of hydrogen-bond acceptors (Lipinski definition) is 6. The van der Waals surface area contributed by atoms with Crippen LogP contribution in [0, 0.1) is 0 Å². The average molecular weight is 368 g/mol. The van der Waals surface area contributed by atoms with Gasteiger partial charge in [-0.05, 0) is 43.7 Å². The molecule has 0 heterocycles. The molecule has 1 amide bonds. The minimum absolute atomic E-state index is 0.0446. The molecular formula is C16H20N2O6S. The first-order chi connectivity index (χ1) is 11.9. The molecule has 0 atom stereocenters. The van der Waals surface area contributed by atoms with Crippen molar-refractivity contribution in [1.82, 2.24) is 10.0 Å². The number of carbonyl (C=O) groups is 2. The summed E-state index contributed by atoms with van der Waals surface area (Å²) in [5.41, 5.74) is 0.467. The zero-order valence-electron chi connectivity index (χ0n) is 13.9. The molecule has 1 aromatic carbocycles. The number of ether oxygens (including phenoxy) is 2. The van der Waals surface area contributed by atoms with E-state index >= 15 is 0 Å². The van der Waals surface area contributed by atoms with E-state index < -0.39 is 16.0 Å². The van der Waals surface area contributed by atoms with Crippen LogP contribution in [0.1, 0.15) is 18.4 Å². The van der Waals surface area contributed by atoms with Crippen molar-refractivity contribution in [3.63, 3.8) is 0 Å². The van der Waals surface area contributed by atoms with Gasteiger partial charge in [0, 0.05) is 12.1 Å². The molecule has 25 heavy (non-hydrogen) atoms. The lowest BCUT2D eigenvalue weighted by Gasteiger charge is -2.09. The largest absolute Gasteiger partial charge is 0.495 e. The van der Waals surface area contributed by atoms with Gasteiger partial charge >= 0.3 is 5.97 Å². The van der Waals surface area contributed by atoms with Crippen LogP contribution in [-0.4, -0.2) is 47.1 Å². The fourth-order valence-corrected chi connectivity index (χ4v) is 2.89. The Bertz CT molecular complexity index is 784. The van der Waals surface area contributed by atoms with Crippen molar-refractivity contribution in [1.29, 1.82) is 0 Å². The molecule has 0 unspecified atom stereocenters. The molecule has 2 N–H and O–H groups in total. The first-order valence-corrected chi connectivity index (χ1v) is 9.10. The Morgan fingerprint density at radius 2 is 2.04 bits per heavy atom. The van der Waals surface area contributed by atoms with Crippen molar-refractivity contribution in [2.24, 2.45) is 0 Å². The van der Waals surface area contributed by atoms with E-state index in [2.05, 4.69) is 10.0 Å². The lowest BCUT2D eigenvalue weighted by Crippen LogP contribution is -2.30. The van der Waals surface area contributed by atoms with Gasteiger partial charge in [-0.1, -0.05) is 6.07 Å². The molecule has 0 aliphatic heterocycles. The number of esters is 1. The van der Waals surface area contributed by atoms with Gasteiger partial charge in [0.05, 0.1) is 7.11 Å². The second-order valence-electron chi connectivity index (χ2n) is 5.40. The van der Waals surface area contributed by atoms with Gasteiger partial charge in [0.2, 0.25) is 10.0 Å². The van der Waals surface area contributed by atoms with Crippen LogP contribution in [0.5, 0.6) is 5.75 Å². The molecule has 136 valence electrons. The van der Waals surface area contributed by atoms with Crippen molar-refractivity contribution in [3.05, 3.63) is 29.8 Å². The van der Waals surface area contributed by atoms with E-state index in [4.69, 9.17) is 9.47 Å². The van der Waals surface area contributed by atoms with E-state index in [1.54, 1.807) is 6.07 Å². The maximum absolute atomic E-state index is 12.0. The summed E-state index contributed by atoms with van der Waals surface area (Å²) in [6.45, 7) is -0.346. The quantitative estimate of drug-likeness (QED) is 0.509. The van der Waals surface area contributed by atoms with Gasteiger partial charge < -0.3 is 14.8 Å². The number of hydrogen-bond donors (Lipinski definition) is 2. The Kier molecular flexibility index (Phi) is 6.16. The second kappa shape index (κ2) is 8.13. The van der Waals surface area contributed by atoms with Crippen molar-refractivity contribution in [2.45, 2.75) is 23.8 Å². The smallest absolute Gasteiger partial charge is 0.331 e. The Balaban J connectivity index is 2.00. The van der Waals surface area contributed by atoms with E-state index in [-0.39, 0.29) is 29.2 Å².